The summed E-state index contributed by atoms with van der Waals surface area (Å²) in [5.74, 6) is 2.14. The molecular weight excluding hydrogens is 436 g/mol. The Morgan fingerprint density at radius 2 is 2.21 bits per heavy atom. The topological polar surface area (TPSA) is 80.5 Å². The van der Waals surface area contributed by atoms with Gasteiger partial charge < -0.3 is 14.6 Å². The summed E-state index contributed by atoms with van der Waals surface area (Å²) in [4.78, 5) is 21.1. The van der Waals surface area contributed by atoms with Gasteiger partial charge >= 0.3 is 0 Å². The first kappa shape index (κ1) is 22.1. The summed E-state index contributed by atoms with van der Waals surface area (Å²) in [7, 11) is 0. The maximum atomic E-state index is 13.3. The monoisotopic (exact) mass is 466 g/mol. The number of ether oxygens (including phenoxy) is 1. The summed E-state index contributed by atoms with van der Waals surface area (Å²) in [5, 5.41) is 9.44. The van der Waals surface area contributed by atoms with Crippen LogP contribution in [0.2, 0.25) is 0 Å². The number of hydrogen-bond donors (Lipinski definition) is 1. The van der Waals surface area contributed by atoms with Gasteiger partial charge in [-0.25, -0.2) is 0 Å². The quantitative estimate of drug-likeness (QED) is 0.585. The minimum atomic E-state index is -0.322. The van der Waals surface area contributed by atoms with Crippen LogP contribution in [0, 0.1) is 12.8 Å². The maximum Gasteiger partial charge on any atom is 0.241 e. The molecule has 0 bridgehead atoms. The fourth-order valence-corrected chi connectivity index (χ4v) is 5.47. The molecule has 2 aliphatic heterocycles. The zero-order valence-electron chi connectivity index (χ0n) is 19.3. The normalized spacial score (nSPS) is 22.4. The van der Waals surface area contributed by atoms with E-state index in [0.717, 1.165) is 42.0 Å². The molecule has 33 heavy (non-hydrogen) atoms. The Balaban J connectivity index is 1.24. The summed E-state index contributed by atoms with van der Waals surface area (Å²) in [5.41, 5.74) is 1.92. The average Bonchev–Trinajstić information content (AvgIpc) is 3.46. The number of carbonyl (C=O) groups excluding carboxylic acids is 1. The van der Waals surface area contributed by atoms with Gasteiger partial charge in [0.1, 0.15) is 11.4 Å². The number of benzene rings is 1. The molecule has 8 heteroatoms. The van der Waals surface area contributed by atoms with E-state index in [1.807, 2.05) is 23.6 Å². The van der Waals surface area contributed by atoms with E-state index in [9.17, 15) is 4.79 Å². The fraction of sp³-hybridized carbons (Fsp3) is 0.480. The van der Waals surface area contributed by atoms with Crippen LogP contribution < -0.4 is 10.1 Å². The van der Waals surface area contributed by atoms with Crippen molar-refractivity contribution in [1.82, 2.24) is 20.4 Å². The number of aromatic nitrogens is 2. The molecule has 1 amide bonds. The van der Waals surface area contributed by atoms with Gasteiger partial charge in [-0.3, -0.25) is 9.69 Å². The van der Waals surface area contributed by atoms with Crippen LogP contribution in [0.1, 0.15) is 56.2 Å². The zero-order valence-corrected chi connectivity index (χ0v) is 20.2. The van der Waals surface area contributed by atoms with Gasteiger partial charge in [-0.2, -0.15) is 4.98 Å². The van der Waals surface area contributed by atoms with Crippen LogP contribution in [0.5, 0.6) is 5.75 Å². The van der Waals surface area contributed by atoms with Crippen molar-refractivity contribution in [3.05, 3.63) is 52.7 Å². The Morgan fingerprint density at radius 3 is 3.03 bits per heavy atom. The van der Waals surface area contributed by atoms with Crippen LogP contribution >= 0.6 is 11.3 Å². The van der Waals surface area contributed by atoms with E-state index in [0.29, 0.717) is 24.8 Å². The summed E-state index contributed by atoms with van der Waals surface area (Å²) in [6.07, 6.45) is 2.61. The predicted octanol–water partition coefficient (Wildman–Crippen LogP) is 4.74. The maximum absolute atomic E-state index is 13.3. The average molecular weight is 467 g/mol. The van der Waals surface area contributed by atoms with E-state index in [2.05, 4.69) is 53.3 Å². The molecule has 1 fully saturated rings. The number of piperidine rings is 1. The van der Waals surface area contributed by atoms with E-state index >= 15 is 0 Å². The molecule has 0 spiro atoms. The fourth-order valence-electron chi connectivity index (χ4n) is 4.82. The van der Waals surface area contributed by atoms with Crippen molar-refractivity contribution in [1.29, 1.82) is 0 Å². The second-order valence-corrected chi connectivity index (χ2v) is 10.7. The Kier molecular flexibility index (Phi) is 5.97. The van der Waals surface area contributed by atoms with Crippen LogP contribution in [0.25, 0.3) is 10.7 Å². The molecule has 0 radical (unpaired) electrons. The van der Waals surface area contributed by atoms with Gasteiger partial charge in [0.2, 0.25) is 17.6 Å². The van der Waals surface area contributed by atoms with Gasteiger partial charge in [0, 0.05) is 18.5 Å². The summed E-state index contributed by atoms with van der Waals surface area (Å²) in [6.45, 7) is 8.40. The van der Waals surface area contributed by atoms with Crippen LogP contribution in [-0.2, 0) is 11.3 Å². The molecule has 2 aliphatic rings. The standard InChI is InChI=1S/C25H30N4O3S/c1-16-8-9-20-18(12-16)19(13-25(2,3)31-20)26-24(30)17-6-4-10-29(14-17)15-22-27-23(28-32-22)21-7-5-11-33-21/h5,7-9,11-12,17,19H,4,6,10,13-15H2,1-3H3,(H,26,30). The number of nitrogens with zero attached hydrogens (tertiary/aromatic N) is 3. The van der Waals surface area contributed by atoms with Crippen LogP contribution in [0.15, 0.2) is 40.2 Å². The van der Waals surface area contributed by atoms with E-state index in [4.69, 9.17) is 9.26 Å². The lowest BCUT2D eigenvalue weighted by molar-refractivity contribution is -0.128. The number of fused-ring (bicyclic) bond motifs is 1. The number of likely N-dealkylation sites (tertiary alicyclic amines) is 1. The molecule has 2 atom stereocenters. The molecular formula is C25H30N4O3S. The van der Waals surface area contributed by atoms with Crippen molar-refractivity contribution in [3.8, 4) is 16.5 Å². The molecule has 3 aromatic rings. The third kappa shape index (κ3) is 4.96. The highest BCUT2D eigenvalue weighted by atomic mass is 32.1. The van der Waals surface area contributed by atoms with Crippen molar-refractivity contribution in [3.63, 3.8) is 0 Å². The summed E-state index contributed by atoms with van der Waals surface area (Å²) in [6, 6.07) is 10.1. The lowest BCUT2D eigenvalue weighted by atomic mass is 9.88. The first-order chi connectivity index (χ1) is 15.9. The van der Waals surface area contributed by atoms with Crippen LogP contribution in [-0.4, -0.2) is 39.6 Å². The SMILES string of the molecule is Cc1ccc2c(c1)C(NC(=O)C1CCCN(Cc3nc(-c4cccs4)no3)C1)CC(C)(C)O2. The first-order valence-electron chi connectivity index (χ1n) is 11.5. The van der Waals surface area contributed by atoms with Crippen molar-refractivity contribution in [2.24, 2.45) is 5.92 Å². The molecule has 1 saturated heterocycles. The van der Waals surface area contributed by atoms with E-state index < -0.39 is 0 Å². The smallest absolute Gasteiger partial charge is 0.241 e. The summed E-state index contributed by atoms with van der Waals surface area (Å²) >= 11 is 1.59. The molecule has 2 unspecified atom stereocenters. The number of amides is 1. The molecule has 1 aromatic carbocycles. The number of carbonyl (C=O) groups is 1. The van der Waals surface area contributed by atoms with Gasteiger partial charge in [0.25, 0.3) is 0 Å². The minimum Gasteiger partial charge on any atom is -0.487 e. The number of aryl methyl sites for hydroxylation is 1. The zero-order chi connectivity index (χ0) is 23.0. The second kappa shape index (κ2) is 8.91. The second-order valence-electron chi connectivity index (χ2n) is 9.73. The predicted molar refractivity (Wildman–Crippen MR) is 127 cm³/mol. The molecule has 174 valence electrons. The minimum absolute atomic E-state index is 0.0455. The highest BCUT2D eigenvalue weighted by Crippen LogP contribution is 2.40. The largest absolute Gasteiger partial charge is 0.487 e. The number of thiophene rings is 1. The van der Waals surface area contributed by atoms with Gasteiger partial charge in [0.05, 0.1) is 23.4 Å². The molecule has 0 aliphatic carbocycles. The van der Waals surface area contributed by atoms with Crippen molar-refractivity contribution >= 4 is 17.2 Å². The number of hydrogen-bond acceptors (Lipinski definition) is 7. The van der Waals surface area contributed by atoms with Gasteiger partial charge in [0.15, 0.2) is 0 Å². The Labute approximate surface area is 198 Å². The van der Waals surface area contributed by atoms with Gasteiger partial charge in [-0.15, -0.1) is 11.3 Å². The highest BCUT2D eigenvalue weighted by Gasteiger charge is 2.36. The van der Waals surface area contributed by atoms with Crippen molar-refractivity contribution < 1.29 is 14.1 Å². The van der Waals surface area contributed by atoms with Crippen molar-refractivity contribution in [2.45, 2.75) is 58.2 Å². The number of nitrogens with one attached hydrogen (secondary N) is 1. The van der Waals surface area contributed by atoms with Crippen LogP contribution in [0.4, 0.5) is 0 Å². The van der Waals surface area contributed by atoms with Gasteiger partial charge in [-0.1, -0.05) is 28.9 Å². The first-order valence-corrected chi connectivity index (χ1v) is 12.4. The molecule has 5 rings (SSSR count). The molecule has 0 saturated carbocycles. The molecule has 4 heterocycles. The van der Waals surface area contributed by atoms with Crippen LogP contribution in [0.3, 0.4) is 0 Å². The Hall–Kier alpha value is -2.71. The lowest BCUT2D eigenvalue weighted by Crippen LogP contribution is -2.46. The Morgan fingerprint density at radius 1 is 1.33 bits per heavy atom. The highest BCUT2D eigenvalue weighted by molar-refractivity contribution is 7.13. The van der Waals surface area contributed by atoms with Crippen molar-refractivity contribution in [2.75, 3.05) is 13.1 Å². The number of rotatable bonds is 5. The lowest BCUT2D eigenvalue weighted by Gasteiger charge is -2.39. The Bertz CT molecular complexity index is 1120. The molecule has 1 N–H and O–H groups in total. The van der Waals surface area contributed by atoms with E-state index in [1.165, 1.54) is 5.56 Å². The third-order valence-corrected chi connectivity index (χ3v) is 7.25. The van der Waals surface area contributed by atoms with E-state index in [-0.39, 0.29) is 23.5 Å². The summed E-state index contributed by atoms with van der Waals surface area (Å²) < 4.78 is 11.6. The third-order valence-electron chi connectivity index (χ3n) is 6.38. The molecule has 7 nitrogen and oxygen atoms in total. The van der Waals surface area contributed by atoms with E-state index in [1.54, 1.807) is 11.3 Å². The molecule has 2 aromatic heterocycles. The van der Waals surface area contributed by atoms with Gasteiger partial charge in [-0.05, 0) is 57.7 Å².